The summed E-state index contributed by atoms with van der Waals surface area (Å²) >= 11 is 6.14. The second-order valence-electron chi connectivity index (χ2n) is 34.8. The van der Waals surface area contributed by atoms with Crippen molar-refractivity contribution >= 4 is 99.3 Å². The molecule has 3 aliphatic carbocycles. The molecule has 123 heavy (non-hydrogen) atoms. The number of hydrogen-bond acceptors (Lipinski definition) is 27. The highest BCUT2D eigenvalue weighted by molar-refractivity contribution is 6.31. The predicted molar refractivity (Wildman–Crippen MR) is 450 cm³/mol. The molecule has 7 heterocycles. The van der Waals surface area contributed by atoms with Crippen LogP contribution in [0, 0.1) is 90.8 Å². The van der Waals surface area contributed by atoms with E-state index < -0.39 is 65.1 Å². The Morgan fingerprint density at radius 3 is 1.73 bits per heavy atom. The number of benzene rings is 3. The third-order valence-electron chi connectivity index (χ3n) is 20.7. The van der Waals surface area contributed by atoms with Crippen LogP contribution in [0.2, 0.25) is 5.15 Å². The topological polar surface area (TPSA) is 430 Å². The van der Waals surface area contributed by atoms with E-state index in [0.29, 0.717) is 76.7 Å². The summed E-state index contributed by atoms with van der Waals surface area (Å²) < 4.78 is 39.8. The van der Waals surface area contributed by atoms with Gasteiger partial charge in [0.2, 0.25) is 17.7 Å². The van der Waals surface area contributed by atoms with Crippen molar-refractivity contribution in [3.05, 3.63) is 87.8 Å². The number of carbonyl (C=O) groups is 6. The molecular weight excluding hydrogens is 1600 g/mol. The standard InChI is InChI=1S/C30H36N4O6.C29H38N4O5.C14H16ClN3O.C14H23NO2.3CO2/c1-17-11-12-20-22(13-17)32-26-21(31-20)10-8-6-7-9-18-14-24(18)40-29(37)33-25(30(2,3)4)27(35)34-16-19(39-26)15-23(34)28(36)38-5;1-17-11-12-21-23(13-17)32-26(37-20-14-18(2)30-16-20)22(31-21)10-8-6-7-9-19-15-24(19)38-28(36)33-25(27(34)35)29(3,4)5;1-8-3-4-11-12(5-8)18-14(13(15)17-11)19-10-6-9(2)16-7-10;1-5-6-7-8-11-9-12(11)17-13(16)15-10-14(2,3)4;3*2-1-3/h11-13,18-19,23-25H,6-7,9,14-16H2,1-5H3,(H,33,37);11-13,18-20,24-25,30H,6-7,9,14-16H2,1-5H3,(H,33,36)(H,34,35);3-5,9-10,16H,6-7H2,1-2H3;1,11-12H,6-10H2,2-4H3,(H,15,16);;;/t18-,19?,23+,24?,25-;18-,19-,20?,24?,25?;9-,10?;11-,12?;;;/m1111.../s1. The van der Waals surface area contributed by atoms with Crippen molar-refractivity contribution in [3.63, 3.8) is 0 Å². The van der Waals surface area contributed by atoms with E-state index in [0.717, 1.165) is 129 Å². The first-order valence-electron chi connectivity index (χ1n) is 41.2. The van der Waals surface area contributed by atoms with Crippen molar-refractivity contribution < 1.29 is 95.8 Å². The molecule has 7 aliphatic rings. The van der Waals surface area contributed by atoms with Crippen LogP contribution in [0.5, 0.6) is 17.6 Å². The van der Waals surface area contributed by atoms with Gasteiger partial charge >= 0.3 is 48.7 Å². The van der Waals surface area contributed by atoms with Crippen molar-refractivity contribution in [2.75, 3.05) is 33.3 Å². The number of ether oxygens (including phenoxy) is 7. The van der Waals surface area contributed by atoms with Gasteiger partial charge in [-0.25, -0.2) is 53.9 Å². The van der Waals surface area contributed by atoms with Gasteiger partial charge in [-0.05, 0) is 191 Å². The summed E-state index contributed by atoms with van der Waals surface area (Å²) in [6.45, 7) is 29.7. The van der Waals surface area contributed by atoms with Crippen LogP contribution in [0.25, 0.3) is 33.1 Å². The lowest BCUT2D eigenvalue weighted by atomic mass is 9.85. The number of carboxylic acid groups (broad SMARTS) is 1. The van der Waals surface area contributed by atoms with E-state index in [-0.39, 0.29) is 91.2 Å². The van der Waals surface area contributed by atoms with Crippen LogP contribution < -0.4 is 40.8 Å². The number of amides is 4. The number of carbonyl (C=O) groups excluding carboxylic acids is 11. The fourth-order valence-corrected chi connectivity index (χ4v) is 14.2. The maximum absolute atomic E-state index is 13.9. The fraction of sp³-hybridized carbons (Fsp3) is 0.567. The van der Waals surface area contributed by atoms with E-state index in [1.807, 2.05) is 96.1 Å². The molecular formula is C90H113ClN12O20. The number of nitrogens with zero attached hydrogens (tertiary/aromatic N) is 7. The number of methoxy groups -OCH3 is 1. The first kappa shape index (κ1) is 98.4. The van der Waals surface area contributed by atoms with Gasteiger partial charge in [-0.3, -0.25) is 4.79 Å². The number of fused-ring (bicyclic) bond motifs is 7. The molecule has 0 spiro atoms. The molecule has 3 saturated carbocycles. The molecule has 3 aromatic carbocycles. The smallest absolute Gasteiger partial charge is 0.408 e. The lowest BCUT2D eigenvalue weighted by Crippen LogP contribution is -2.57. The summed E-state index contributed by atoms with van der Waals surface area (Å²) in [6.07, 6.45) is 16.1. The average molecular weight is 1720 g/mol. The van der Waals surface area contributed by atoms with Crippen molar-refractivity contribution in [1.82, 2.24) is 61.4 Å². The first-order chi connectivity index (χ1) is 58.3. The van der Waals surface area contributed by atoms with Gasteiger partial charge in [0, 0.05) is 70.2 Å². The van der Waals surface area contributed by atoms with Crippen LogP contribution in [0.1, 0.15) is 201 Å². The Bertz CT molecular complexity index is 4930. The number of rotatable bonds is 16. The Labute approximate surface area is 721 Å². The largest absolute Gasteiger partial charge is 0.480 e. The van der Waals surface area contributed by atoms with Crippen LogP contribution >= 0.6 is 11.6 Å². The SMILES string of the molecule is C#CCCC[C@@H]1CC1OC(=O)NCC(C)(C)C.COC(=O)[C@@H]1CC2CN1C(=O)[C@H](C(C)(C)C)NC(=O)OC1C[C@H]1CCCC#Cc1nc3ccc(C)cc3nc1O2.Cc1ccc2nc(C#CCCC[C@@H]3CC3OC(=O)NC(C(=O)O)C(C)(C)C)c(OC3CN[C@H](C)C3)nc2c1.Cc1ccc2nc(Cl)c(OC3CN[C@H](C)C3)nc2c1.O=C=O.O=C=O.O=C=O. The highest BCUT2D eigenvalue weighted by Crippen LogP contribution is 2.41. The number of unbranched alkanes of at least 4 members (excludes halogenated alkanes) is 2. The van der Waals surface area contributed by atoms with E-state index in [1.165, 1.54) is 12.0 Å². The first-order valence-corrected chi connectivity index (χ1v) is 41.6. The molecule has 13 rings (SSSR count). The van der Waals surface area contributed by atoms with E-state index in [1.54, 1.807) is 20.8 Å². The molecule has 3 aromatic heterocycles. The number of halogens is 1. The van der Waals surface area contributed by atoms with E-state index >= 15 is 0 Å². The number of alkyl carbamates (subject to hydrolysis) is 3. The number of hydrogen-bond donors (Lipinski definition) is 6. The molecule has 32 nitrogen and oxygen atoms in total. The monoisotopic (exact) mass is 1720 g/mol. The molecule has 4 aliphatic heterocycles. The van der Waals surface area contributed by atoms with Crippen LogP contribution in [-0.4, -0.2) is 195 Å². The molecule has 660 valence electrons. The Hall–Kier alpha value is -11.7. The molecule has 6 aromatic rings. The van der Waals surface area contributed by atoms with E-state index in [4.69, 9.17) is 99.9 Å². The maximum Gasteiger partial charge on any atom is 0.408 e. The predicted octanol–water partition coefficient (Wildman–Crippen LogP) is 11.6. The number of aryl methyl sites for hydroxylation is 3. The van der Waals surface area contributed by atoms with Crippen LogP contribution in [0.4, 0.5) is 14.4 Å². The van der Waals surface area contributed by atoms with E-state index in [9.17, 15) is 33.9 Å². The third-order valence-corrected chi connectivity index (χ3v) is 21.0. The minimum absolute atomic E-state index is 0.0419. The van der Waals surface area contributed by atoms with Crippen molar-refractivity contribution in [2.45, 2.75) is 260 Å². The molecule has 3 saturated heterocycles. The Balaban J connectivity index is 0.000000230. The summed E-state index contributed by atoms with van der Waals surface area (Å²) in [7, 11) is 1.29. The van der Waals surface area contributed by atoms with Gasteiger partial charge in [-0.15, -0.1) is 12.3 Å². The molecule has 6 fully saturated rings. The third kappa shape index (κ3) is 32.3. The lowest BCUT2D eigenvalue weighted by Gasteiger charge is -2.34. The Morgan fingerprint density at radius 1 is 0.683 bits per heavy atom. The Morgan fingerprint density at radius 2 is 1.21 bits per heavy atom. The number of aliphatic carboxylic acids is 1. The van der Waals surface area contributed by atoms with Crippen molar-refractivity contribution in [1.29, 1.82) is 0 Å². The van der Waals surface area contributed by atoms with Gasteiger partial charge in [-0.2, -0.15) is 28.8 Å². The van der Waals surface area contributed by atoms with Crippen LogP contribution in [0.3, 0.4) is 0 Å². The van der Waals surface area contributed by atoms with Gasteiger partial charge in [0.05, 0.1) is 46.8 Å². The van der Waals surface area contributed by atoms with Gasteiger partial charge in [0.25, 0.3) is 5.88 Å². The van der Waals surface area contributed by atoms with Crippen LogP contribution in [0.15, 0.2) is 54.6 Å². The summed E-state index contributed by atoms with van der Waals surface area (Å²) in [4.78, 5) is 153. The van der Waals surface area contributed by atoms with Crippen molar-refractivity contribution in [2.24, 2.45) is 34.0 Å². The molecule has 0 radical (unpaired) electrons. The molecule has 14 atom stereocenters. The van der Waals surface area contributed by atoms with Gasteiger partial charge < -0.3 is 69.7 Å². The number of esters is 1. The minimum atomic E-state index is -1.07. The number of terminal acetylenes is 1. The normalized spacial score (nSPS) is 22.9. The zero-order valence-corrected chi connectivity index (χ0v) is 73.3. The highest BCUT2D eigenvalue weighted by Gasteiger charge is 2.49. The Kier molecular flexibility index (Phi) is 37.2. The molecule has 4 amide bonds. The molecule has 2 bridgehead atoms. The molecule has 6 N–H and O–H groups in total. The second kappa shape index (κ2) is 46.5. The number of carboxylic acids is 1. The number of nitrogens with one attached hydrogen (secondary N) is 5. The number of aromatic nitrogens is 6. The second-order valence-corrected chi connectivity index (χ2v) is 35.2. The van der Waals surface area contributed by atoms with E-state index in [2.05, 4.69) is 101 Å². The zero-order valence-electron chi connectivity index (χ0n) is 72.5. The maximum atomic E-state index is 13.9. The average Bonchev–Trinajstić information content (AvgIpc) is 1.81. The summed E-state index contributed by atoms with van der Waals surface area (Å²) in [6, 6.07) is 15.7. The highest BCUT2D eigenvalue weighted by atomic mass is 35.5. The summed E-state index contributed by atoms with van der Waals surface area (Å²) in [5, 5.41) is 24.5. The quantitative estimate of drug-likeness (QED) is 0.0227. The lowest BCUT2D eigenvalue weighted by molar-refractivity contribution is -0.193. The van der Waals surface area contributed by atoms with Gasteiger partial charge in [0.15, 0.2) is 16.5 Å². The molecule has 33 heteroatoms. The van der Waals surface area contributed by atoms with Gasteiger partial charge in [0.1, 0.15) is 54.7 Å². The zero-order chi connectivity index (χ0) is 90.5. The minimum Gasteiger partial charge on any atom is -0.480 e. The van der Waals surface area contributed by atoms with Crippen molar-refractivity contribution in [3.8, 4) is 53.7 Å². The summed E-state index contributed by atoms with van der Waals surface area (Å²) in [5.74, 6) is 15.6. The van der Waals surface area contributed by atoms with Gasteiger partial charge in [-0.1, -0.05) is 104 Å². The van der Waals surface area contributed by atoms with Crippen LogP contribution in [-0.2, 0) is 62.1 Å². The molecule has 7 unspecified atom stereocenters. The fourth-order valence-electron chi connectivity index (χ4n) is 14.0. The summed E-state index contributed by atoms with van der Waals surface area (Å²) in [5.41, 5.74) is 7.68.